The number of ether oxygens (including phenoxy) is 2. The molecule has 6 nitrogen and oxygen atoms in total. The molecule has 1 aromatic carbocycles. The van der Waals surface area contributed by atoms with Crippen molar-refractivity contribution in [2.75, 3.05) is 26.9 Å². The van der Waals surface area contributed by atoms with E-state index >= 15 is 0 Å². The third-order valence-electron chi connectivity index (χ3n) is 3.46. The Labute approximate surface area is 123 Å². The molecule has 1 aliphatic rings. The fourth-order valence-electron chi connectivity index (χ4n) is 2.51. The number of carboxylic acids is 1. The molecule has 0 saturated carbocycles. The molecular weight excluding hydrogens is 274 g/mol. The number of morpholine rings is 1. The van der Waals surface area contributed by atoms with Crippen LogP contribution in [0.2, 0.25) is 0 Å². The Morgan fingerprint density at radius 3 is 2.76 bits per heavy atom. The van der Waals surface area contributed by atoms with Gasteiger partial charge in [0, 0.05) is 20.3 Å². The summed E-state index contributed by atoms with van der Waals surface area (Å²) >= 11 is 0. The quantitative estimate of drug-likeness (QED) is 0.794. The number of aliphatic carboxylic acids is 1. The summed E-state index contributed by atoms with van der Waals surface area (Å²) in [5, 5.41) is 9.36. The van der Waals surface area contributed by atoms with Crippen LogP contribution in [0.4, 0.5) is 0 Å². The van der Waals surface area contributed by atoms with Crippen LogP contribution in [-0.2, 0) is 19.1 Å². The molecule has 0 radical (unpaired) electrons. The normalized spacial score (nSPS) is 22.3. The van der Waals surface area contributed by atoms with Crippen molar-refractivity contribution in [3.05, 3.63) is 35.9 Å². The molecule has 1 amide bonds. The minimum atomic E-state index is -1.06. The highest BCUT2D eigenvalue weighted by Crippen LogP contribution is 2.30. The summed E-state index contributed by atoms with van der Waals surface area (Å²) in [5.41, 5.74) is 0.760. The minimum absolute atomic E-state index is 0.197. The second-order valence-corrected chi connectivity index (χ2v) is 4.86. The van der Waals surface area contributed by atoms with Crippen LogP contribution in [0.15, 0.2) is 30.3 Å². The number of nitrogens with zero attached hydrogens (tertiary/aromatic N) is 1. The van der Waals surface area contributed by atoms with Crippen LogP contribution in [0.1, 0.15) is 18.0 Å². The first kappa shape index (κ1) is 15.5. The third kappa shape index (κ3) is 3.59. The zero-order valence-corrected chi connectivity index (χ0v) is 11.9. The molecule has 2 atom stereocenters. The van der Waals surface area contributed by atoms with Gasteiger partial charge >= 0.3 is 5.97 Å². The Kier molecular flexibility index (Phi) is 5.30. The highest BCUT2D eigenvalue weighted by Gasteiger charge is 2.41. The van der Waals surface area contributed by atoms with Crippen molar-refractivity contribution >= 4 is 11.9 Å². The Morgan fingerprint density at radius 1 is 1.43 bits per heavy atom. The van der Waals surface area contributed by atoms with E-state index in [-0.39, 0.29) is 12.5 Å². The number of rotatable bonds is 6. The second-order valence-electron chi connectivity index (χ2n) is 4.86. The number of carboxylic acid groups (broad SMARTS) is 1. The molecular formula is C15H19NO5. The summed E-state index contributed by atoms with van der Waals surface area (Å²) in [6.45, 7) is 0.760. The Balaban J connectivity index is 2.27. The van der Waals surface area contributed by atoms with E-state index in [2.05, 4.69) is 0 Å². The van der Waals surface area contributed by atoms with Crippen molar-refractivity contribution in [2.45, 2.75) is 18.6 Å². The largest absolute Gasteiger partial charge is 0.479 e. The third-order valence-corrected chi connectivity index (χ3v) is 3.46. The summed E-state index contributed by atoms with van der Waals surface area (Å²) in [7, 11) is 1.59. The number of methoxy groups -OCH3 is 1. The van der Waals surface area contributed by atoms with Crippen LogP contribution in [0, 0.1) is 0 Å². The van der Waals surface area contributed by atoms with Crippen molar-refractivity contribution in [1.82, 2.24) is 4.90 Å². The highest BCUT2D eigenvalue weighted by molar-refractivity contribution is 5.83. The van der Waals surface area contributed by atoms with Gasteiger partial charge in [0.05, 0.1) is 6.04 Å². The van der Waals surface area contributed by atoms with Gasteiger partial charge in [-0.2, -0.15) is 0 Å². The predicted octanol–water partition coefficient (Wildman–Crippen LogP) is 1.08. The van der Waals surface area contributed by atoms with Gasteiger partial charge in [0.2, 0.25) is 5.91 Å². The van der Waals surface area contributed by atoms with E-state index in [0.717, 1.165) is 5.56 Å². The van der Waals surface area contributed by atoms with Gasteiger partial charge in [0.1, 0.15) is 6.61 Å². The molecule has 2 rings (SSSR count). The van der Waals surface area contributed by atoms with Gasteiger partial charge in [0.25, 0.3) is 0 Å². The van der Waals surface area contributed by atoms with Crippen molar-refractivity contribution in [3.8, 4) is 0 Å². The van der Waals surface area contributed by atoms with E-state index < -0.39 is 18.1 Å². The van der Waals surface area contributed by atoms with Crippen LogP contribution < -0.4 is 0 Å². The Hall–Kier alpha value is -1.92. The van der Waals surface area contributed by atoms with E-state index in [9.17, 15) is 14.7 Å². The predicted molar refractivity (Wildman–Crippen MR) is 74.8 cm³/mol. The first-order valence-corrected chi connectivity index (χ1v) is 6.83. The zero-order valence-electron chi connectivity index (χ0n) is 11.9. The lowest BCUT2D eigenvalue weighted by Gasteiger charge is -2.39. The molecule has 0 bridgehead atoms. The molecule has 1 fully saturated rings. The van der Waals surface area contributed by atoms with Crippen molar-refractivity contribution < 1.29 is 24.2 Å². The molecule has 6 heteroatoms. The zero-order chi connectivity index (χ0) is 15.2. The molecule has 0 aromatic heterocycles. The summed E-state index contributed by atoms with van der Waals surface area (Å²) in [4.78, 5) is 25.1. The first-order chi connectivity index (χ1) is 10.1. The molecule has 2 unspecified atom stereocenters. The van der Waals surface area contributed by atoms with Gasteiger partial charge < -0.3 is 19.5 Å². The number of amides is 1. The lowest BCUT2D eigenvalue weighted by molar-refractivity contribution is -0.173. The summed E-state index contributed by atoms with van der Waals surface area (Å²) in [6.07, 6.45) is -0.398. The molecule has 1 N–H and O–H groups in total. The van der Waals surface area contributed by atoms with Crippen LogP contribution in [0.25, 0.3) is 0 Å². The lowest BCUT2D eigenvalue weighted by atomic mass is 9.97. The van der Waals surface area contributed by atoms with Crippen LogP contribution >= 0.6 is 0 Å². The molecule has 1 heterocycles. The smallest absolute Gasteiger partial charge is 0.335 e. The maximum atomic E-state index is 12.1. The van der Waals surface area contributed by atoms with Gasteiger partial charge in [-0.05, 0) is 12.0 Å². The lowest BCUT2D eigenvalue weighted by Crippen LogP contribution is -2.52. The Morgan fingerprint density at radius 2 is 2.14 bits per heavy atom. The summed E-state index contributed by atoms with van der Waals surface area (Å²) in [5.74, 6) is -1.26. The maximum absolute atomic E-state index is 12.1. The minimum Gasteiger partial charge on any atom is -0.479 e. The number of benzene rings is 1. The van der Waals surface area contributed by atoms with Crippen LogP contribution in [0.5, 0.6) is 0 Å². The number of carbonyl (C=O) groups excluding carboxylic acids is 1. The molecule has 0 aliphatic carbocycles. The van der Waals surface area contributed by atoms with Crippen molar-refractivity contribution in [2.24, 2.45) is 0 Å². The second kappa shape index (κ2) is 7.19. The monoisotopic (exact) mass is 293 g/mol. The molecule has 114 valence electrons. The fourth-order valence-corrected chi connectivity index (χ4v) is 2.51. The van der Waals surface area contributed by atoms with Crippen LogP contribution in [0.3, 0.4) is 0 Å². The molecule has 1 aromatic rings. The average Bonchev–Trinajstić information content (AvgIpc) is 2.49. The summed E-state index contributed by atoms with van der Waals surface area (Å²) < 4.78 is 10.2. The van der Waals surface area contributed by atoms with E-state index in [1.165, 1.54) is 0 Å². The van der Waals surface area contributed by atoms with E-state index in [0.29, 0.717) is 19.6 Å². The first-order valence-electron chi connectivity index (χ1n) is 6.83. The standard InChI is InChI=1S/C15H19NO5/c1-20-9-5-8-16-12(17)10-21-14(15(18)19)13(16)11-6-3-2-4-7-11/h2-4,6-7,13-14H,5,8-10H2,1H3,(H,18,19). The number of hydrogen-bond acceptors (Lipinski definition) is 4. The van der Waals surface area contributed by atoms with Gasteiger partial charge in [-0.1, -0.05) is 30.3 Å². The topological polar surface area (TPSA) is 76.1 Å². The van der Waals surface area contributed by atoms with E-state index in [4.69, 9.17) is 9.47 Å². The van der Waals surface area contributed by atoms with Crippen molar-refractivity contribution in [1.29, 1.82) is 0 Å². The van der Waals surface area contributed by atoms with E-state index in [1.54, 1.807) is 12.0 Å². The average molecular weight is 293 g/mol. The highest BCUT2D eigenvalue weighted by atomic mass is 16.5. The Bertz CT molecular complexity index is 490. The molecule has 1 aliphatic heterocycles. The van der Waals surface area contributed by atoms with Crippen molar-refractivity contribution in [3.63, 3.8) is 0 Å². The summed E-state index contributed by atoms with van der Waals surface area (Å²) in [6, 6.07) is 8.50. The number of hydrogen-bond donors (Lipinski definition) is 1. The van der Waals surface area contributed by atoms with Gasteiger partial charge in [-0.3, -0.25) is 4.79 Å². The number of carbonyl (C=O) groups is 2. The maximum Gasteiger partial charge on any atom is 0.335 e. The fraction of sp³-hybridized carbons (Fsp3) is 0.467. The molecule has 21 heavy (non-hydrogen) atoms. The molecule has 0 spiro atoms. The molecule has 1 saturated heterocycles. The van der Waals surface area contributed by atoms with Crippen LogP contribution in [-0.4, -0.2) is 54.9 Å². The van der Waals surface area contributed by atoms with Gasteiger partial charge in [-0.15, -0.1) is 0 Å². The van der Waals surface area contributed by atoms with Gasteiger partial charge in [0.15, 0.2) is 6.10 Å². The van der Waals surface area contributed by atoms with Gasteiger partial charge in [-0.25, -0.2) is 4.79 Å². The van der Waals surface area contributed by atoms with E-state index in [1.807, 2.05) is 30.3 Å². The SMILES string of the molecule is COCCCN1C(=O)COC(C(=O)O)C1c1ccccc1.